The summed E-state index contributed by atoms with van der Waals surface area (Å²) in [5.74, 6) is 0.117. The predicted octanol–water partition coefficient (Wildman–Crippen LogP) is 3.74. The van der Waals surface area contributed by atoms with Crippen molar-refractivity contribution in [2.75, 3.05) is 33.3 Å². The summed E-state index contributed by atoms with van der Waals surface area (Å²) >= 11 is 0. The van der Waals surface area contributed by atoms with Crippen molar-refractivity contribution >= 4 is 6.09 Å². The van der Waals surface area contributed by atoms with Crippen LogP contribution in [-0.2, 0) is 4.74 Å². The summed E-state index contributed by atoms with van der Waals surface area (Å²) in [7, 11) is 2.06. The lowest BCUT2D eigenvalue weighted by Gasteiger charge is -2.43. The molecule has 1 saturated heterocycles. The van der Waals surface area contributed by atoms with E-state index in [2.05, 4.69) is 67.1 Å². The molecule has 0 unspecified atom stereocenters. The first-order valence-corrected chi connectivity index (χ1v) is 9.10. The van der Waals surface area contributed by atoms with E-state index in [1.807, 2.05) is 6.08 Å². The van der Waals surface area contributed by atoms with Crippen molar-refractivity contribution in [3.63, 3.8) is 0 Å². The number of benzene rings is 2. The maximum Gasteiger partial charge on any atom is 0.409 e. The van der Waals surface area contributed by atoms with Crippen LogP contribution in [-0.4, -0.2) is 55.2 Å². The minimum absolute atomic E-state index is 0.117. The van der Waals surface area contributed by atoms with E-state index >= 15 is 0 Å². The standard InChI is InChI=1S/C22H24N2O2/c1-3-12-23(2)16-13-24(14-16)22(25)26-15-21-19-10-6-4-8-17(19)18-9-5-7-11-20(18)21/h3-11,16,21H,1,12-15H2,2H3. The molecule has 1 heterocycles. The van der Waals surface area contributed by atoms with E-state index in [1.54, 1.807) is 4.90 Å². The number of fused-ring (bicyclic) bond motifs is 3. The van der Waals surface area contributed by atoms with Crippen LogP contribution in [0.2, 0.25) is 0 Å². The van der Waals surface area contributed by atoms with E-state index in [0.29, 0.717) is 12.6 Å². The van der Waals surface area contributed by atoms with Gasteiger partial charge in [0.15, 0.2) is 0 Å². The van der Waals surface area contributed by atoms with Crippen LogP contribution in [0.3, 0.4) is 0 Å². The highest BCUT2D eigenvalue weighted by molar-refractivity contribution is 5.79. The molecule has 1 aliphatic heterocycles. The second kappa shape index (κ2) is 6.96. The monoisotopic (exact) mass is 348 g/mol. The predicted molar refractivity (Wildman–Crippen MR) is 103 cm³/mol. The number of likely N-dealkylation sites (N-methyl/N-ethyl adjacent to an activating group) is 1. The van der Waals surface area contributed by atoms with Crippen molar-refractivity contribution in [2.24, 2.45) is 0 Å². The minimum Gasteiger partial charge on any atom is -0.448 e. The van der Waals surface area contributed by atoms with E-state index in [4.69, 9.17) is 4.74 Å². The Hall–Kier alpha value is -2.59. The third kappa shape index (κ3) is 2.90. The van der Waals surface area contributed by atoms with E-state index < -0.39 is 0 Å². The van der Waals surface area contributed by atoms with Crippen molar-refractivity contribution in [1.29, 1.82) is 0 Å². The molecule has 1 fully saturated rings. The van der Waals surface area contributed by atoms with E-state index in [-0.39, 0.29) is 12.0 Å². The highest BCUT2D eigenvalue weighted by Gasteiger charge is 2.35. The molecule has 4 heteroatoms. The Morgan fingerprint density at radius 1 is 1.15 bits per heavy atom. The minimum atomic E-state index is -0.213. The third-order valence-electron chi connectivity index (χ3n) is 5.50. The van der Waals surface area contributed by atoms with Crippen LogP contribution in [0.25, 0.3) is 11.1 Å². The van der Waals surface area contributed by atoms with Gasteiger partial charge in [-0.25, -0.2) is 4.79 Å². The zero-order valence-electron chi connectivity index (χ0n) is 15.1. The summed E-state index contributed by atoms with van der Waals surface area (Å²) in [6.45, 7) is 6.43. The smallest absolute Gasteiger partial charge is 0.409 e. The molecule has 2 aliphatic rings. The van der Waals surface area contributed by atoms with Gasteiger partial charge in [-0.1, -0.05) is 54.6 Å². The SMILES string of the molecule is C=CCN(C)C1CN(C(=O)OCC2c3ccccc3-c3ccccc32)C1. The molecule has 4 nitrogen and oxygen atoms in total. The lowest BCUT2D eigenvalue weighted by molar-refractivity contribution is 0.0333. The van der Waals surface area contributed by atoms with Crippen LogP contribution in [0.1, 0.15) is 17.0 Å². The Labute approximate surface area is 154 Å². The van der Waals surface area contributed by atoms with Gasteiger partial charge < -0.3 is 9.64 Å². The van der Waals surface area contributed by atoms with Gasteiger partial charge in [-0.05, 0) is 29.3 Å². The zero-order valence-corrected chi connectivity index (χ0v) is 15.1. The van der Waals surface area contributed by atoms with E-state index in [0.717, 1.165) is 19.6 Å². The van der Waals surface area contributed by atoms with Gasteiger partial charge >= 0.3 is 6.09 Å². The quantitative estimate of drug-likeness (QED) is 0.772. The van der Waals surface area contributed by atoms with Crippen molar-refractivity contribution in [3.8, 4) is 11.1 Å². The molecular weight excluding hydrogens is 324 g/mol. The molecule has 0 bridgehead atoms. The van der Waals surface area contributed by atoms with E-state index in [1.165, 1.54) is 22.3 Å². The maximum atomic E-state index is 12.4. The van der Waals surface area contributed by atoms with Crippen LogP contribution in [0.4, 0.5) is 4.79 Å². The number of ether oxygens (including phenoxy) is 1. The Balaban J connectivity index is 1.40. The first kappa shape index (κ1) is 16.9. The first-order valence-electron chi connectivity index (χ1n) is 9.10. The number of hydrogen-bond acceptors (Lipinski definition) is 3. The van der Waals surface area contributed by atoms with Gasteiger partial charge in [-0.3, -0.25) is 4.90 Å². The Bertz CT molecular complexity index is 781. The third-order valence-corrected chi connectivity index (χ3v) is 5.50. The molecular formula is C22H24N2O2. The lowest BCUT2D eigenvalue weighted by Crippen LogP contribution is -2.60. The zero-order chi connectivity index (χ0) is 18.1. The van der Waals surface area contributed by atoms with Gasteiger partial charge in [-0.15, -0.1) is 6.58 Å². The molecule has 4 rings (SSSR count). The van der Waals surface area contributed by atoms with Gasteiger partial charge in [0, 0.05) is 31.6 Å². The molecule has 0 saturated carbocycles. The second-order valence-electron chi connectivity index (χ2n) is 7.09. The summed E-state index contributed by atoms with van der Waals surface area (Å²) < 4.78 is 5.68. The van der Waals surface area contributed by atoms with Crippen molar-refractivity contribution in [3.05, 3.63) is 72.3 Å². The lowest BCUT2D eigenvalue weighted by atomic mass is 9.98. The van der Waals surface area contributed by atoms with E-state index in [9.17, 15) is 4.79 Å². The first-order chi connectivity index (χ1) is 12.7. The van der Waals surface area contributed by atoms with Crippen LogP contribution < -0.4 is 0 Å². The van der Waals surface area contributed by atoms with Gasteiger partial charge in [0.05, 0.1) is 0 Å². The number of carbonyl (C=O) groups is 1. The fourth-order valence-corrected chi connectivity index (χ4v) is 3.92. The highest BCUT2D eigenvalue weighted by atomic mass is 16.6. The molecule has 134 valence electrons. The number of hydrogen-bond donors (Lipinski definition) is 0. The summed E-state index contributed by atoms with van der Waals surface area (Å²) in [5.41, 5.74) is 4.99. The number of nitrogens with zero attached hydrogens (tertiary/aromatic N) is 2. The number of rotatable bonds is 5. The average molecular weight is 348 g/mol. The van der Waals surface area contributed by atoms with Crippen molar-refractivity contribution < 1.29 is 9.53 Å². The summed E-state index contributed by atoms with van der Waals surface area (Å²) in [6.07, 6.45) is 1.67. The number of likely N-dealkylation sites (tertiary alicyclic amines) is 1. The molecule has 0 N–H and O–H groups in total. The van der Waals surface area contributed by atoms with Crippen molar-refractivity contribution in [1.82, 2.24) is 9.80 Å². The fourth-order valence-electron chi connectivity index (χ4n) is 3.92. The van der Waals surface area contributed by atoms with Crippen LogP contribution >= 0.6 is 0 Å². The molecule has 1 aliphatic carbocycles. The molecule has 26 heavy (non-hydrogen) atoms. The van der Waals surface area contributed by atoms with Crippen molar-refractivity contribution in [2.45, 2.75) is 12.0 Å². The molecule has 1 amide bonds. The highest BCUT2D eigenvalue weighted by Crippen LogP contribution is 2.44. The van der Waals surface area contributed by atoms with Gasteiger partial charge in [0.2, 0.25) is 0 Å². The van der Waals surface area contributed by atoms with Crippen LogP contribution in [0.15, 0.2) is 61.2 Å². The number of amides is 1. The molecule has 0 radical (unpaired) electrons. The van der Waals surface area contributed by atoms with Gasteiger partial charge in [0.25, 0.3) is 0 Å². The van der Waals surface area contributed by atoms with Gasteiger partial charge in [-0.2, -0.15) is 0 Å². The molecule has 2 aromatic rings. The molecule has 2 aromatic carbocycles. The summed E-state index contributed by atoms with van der Waals surface area (Å²) in [6, 6.07) is 17.2. The molecule has 0 aromatic heterocycles. The summed E-state index contributed by atoms with van der Waals surface area (Å²) in [4.78, 5) is 16.4. The second-order valence-corrected chi connectivity index (χ2v) is 7.09. The Kier molecular flexibility index (Phi) is 4.51. The largest absolute Gasteiger partial charge is 0.448 e. The molecule has 0 spiro atoms. The fraction of sp³-hybridized carbons (Fsp3) is 0.318. The Morgan fingerprint density at radius 3 is 2.31 bits per heavy atom. The molecule has 0 atom stereocenters. The average Bonchev–Trinajstić information content (AvgIpc) is 2.93. The van der Waals surface area contributed by atoms with Crippen LogP contribution in [0.5, 0.6) is 0 Å². The maximum absolute atomic E-state index is 12.4. The number of carbonyl (C=O) groups excluding carboxylic acids is 1. The van der Waals surface area contributed by atoms with Gasteiger partial charge in [0.1, 0.15) is 6.61 Å². The summed E-state index contributed by atoms with van der Waals surface area (Å²) in [5, 5.41) is 0. The van der Waals surface area contributed by atoms with Crippen LogP contribution in [0, 0.1) is 0 Å². The Morgan fingerprint density at radius 2 is 1.73 bits per heavy atom. The topological polar surface area (TPSA) is 32.8 Å². The normalized spacial score (nSPS) is 16.2.